The fourth-order valence-corrected chi connectivity index (χ4v) is 0.208. The molecule has 0 aromatic rings. The van der Waals surface area contributed by atoms with Gasteiger partial charge >= 0.3 is 0 Å². The molecule has 0 aliphatic carbocycles. The minimum absolute atomic E-state index is 1.25. The summed E-state index contributed by atoms with van der Waals surface area (Å²) in [6, 6.07) is 0. The Labute approximate surface area is 55.9 Å². The number of hydrogen-bond donors (Lipinski definition) is 0. The molecule has 7 heavy (non-hydrogen) atoms. The van der Waals surface area contributed by atoms with Crippen molar-refractivity contribution in [3.63, 3.8) is 0 Å². The normalized spacial score (nSPS) is 11.1. The zero-order valence-corrected chi connectivity index (χ0v) is 5.99. The van der Waals surface area contributed by atoms with Gasteiger partial charge in [-0.25, -0.2) is 0 Å². The smallest absolute Gasteiger partial charge is 0.217 e. The first kappa shape index (κ1) is 6.87. The molecule has 0 aromatic carbocycles. The Morgan fingerprint density at radius 3 is 2.86 bits per heavy atom. The highest BCUT2D eigenvalue weighted by atomic mass is 127. The van der Waals surface area contributed by atoms with E-state index in [1.165, 1.54) is 6.40 Å². The summed E-state index contributed by atoms with van der Waals surface area (Å²) in [5.41, 5.74) is 0. The molecule has 0 fully saturated rings. The third kappa shape index (κ3) is 5.87. The Hall–Kier alpha value is -0.130. The highest BCUT2D eigenvalue weighted by Gasteiger charge is 1.60. The molecule has 40 valence electrons. The molecule has 0 unspecified atom stereocenters. The van der Waals surface area contributed by atoms with Crippen LogP contribution < -0.4 is 0 Å². The van der Waals surface area contributed by atoms with E-state index >= 15 is 0 Å². The third-order valence-electron chi connectivity index (χ3n) is 0.253. The molecule has 0 atom stereocenters. The van der Waals surface area contributed by atoms with E-state index in [9.17, 15) is 0 Å². The van der Waals surface area contributed by atoms with Crippen molar-refractivity contribution < 1.29 is 4.84 Å². The van der Waals surface area contributed by atoms with E-state index < -0.39 is 0 Å². The summed E-state index contributed by atoms with van der Waals surface area (Å²) in [6.45, 7) is 1.76. The van der Waals surface area contributed by atoms with Gasteiger partial charge in [0.25, 0.3) is 0 Å². The van der Waals surface area contributed by atoms with Crippen LogP contribution in [0.3, 0.4) is 0 Å². The average Bonchev–Trinajstić information content (AvgIpc) is 1.69. The highest BCUT2D eigenvalue weighted by Crippen LogP contribution is 1.78. The predicted molar refractivity (Wildman–Crippen MR) is 37.8 cm³/mol. The molecule has 0 bridgehead atoms. The third-order valence-corrected chi connectivity index (χ3v) is 0.481. The topological polar surface area (TPSA) is 34.0 Å². The van der Waals surface area contributed by atoms with Crippen molar-refractivity contribution in [3.8, 4) is 0 Å². The molecule has 0 saturated heterocycles. The van der Waals surface area contributed by atoms with Crippen LogP contribution in [0, 0.1) is 0 Å². The summed E-state index contributed by atoms with van der Waals surface area (Å²) in [7, 11) is 0. The molecular weight excluding hydrogens is 207 g/mol. The van der Waals surface area contributed by atoms with Crippen LogP contribution in [0.4, 0.5) is 0 Å². The van der Waals surface area contributed by atoms with Crippen molar-refractivity contribution in [1.82, 2.24) is 0 Å². The summed E-state index contributed by atoms with van der Waals surface area (Å²) >= 11 is 1.80. The summed E-state index contributed by atoms with van der Waals surface area (Å²) in [4.78, 5) is 4.40. The SMILES string of the molecule is C/C=N/OC=NI. The van der Waals surface area contributed by atoms with Crippen molar-refractivity contribution in [2.75, 3.05) is 0 Å². The molecule has 4 heteroatoms. The molecule has 0 aliphatic rings. The van der Waals surface area contributed by atoms with Crippen molar-refractivity contribution in [2.45, 2.75) is 6.92 Å². The second kappa shape index (κ2) is 5.87. The van der Waals surface area contributed by atoms with Crippen molar-refractivity contribution in [1.29, 1.82) is 0 Å². The Bertz CT molecular complexity index is 71.0. The van der Waals surface area contributed by atoms with Gasteiger partial charge in [-0.15, -0.1) is 0 Å². The molecule has 0 heterocycles. The van der Waals surface area contributed by atoms with Gasteiger partial charge in [-0.3, -0.25) is 0 Å². The van der Waals surface area contributed by atoms with Crippen LogP contribution in [-0.2, 0) is 4.84 Å². The predicted octanol–water partition coefficient (Wildman–Crippen LogP) is 1.39. The maximum atomic E-state index is 4.40. The standard InChI is InChI=1S/C3H5IN2O/c1-2-6-7-3-5-4/h2-3H,1H3/b5-3?,6-2+. The van der Waals surface area contributed by atoms with Gasteiger partial charge in [0.1, 0.15) is 0 Å². The molecule has 3 nitrogen and oxygen atoms in total. The number of halogens is 1. The van der Waals surface area contributed by atoms with Gasteiger partial charge in [0.15, 0.2) is 0 Å². The van der Waals surface area contributed by atoms with Gasteiger partial charge in [0.05, 0.1) is 22.9 Å². The zero-order valence-electron chi connectivity index (χ0n) is 3.84. The molecule has 0 rings (SSSR count). The highest BCUT2D eigenvalue weighted by molar-refractivity contribution is 14.1. The summed E-state index contributed by atoms with van der Waals surface area (Å²) in [5, 5.41) is 3.38. The second-order valence-corrected chi connectivity index (χ2v) is 1.23. The van der Waals surface area contributed by atoms with Crippen molar-refractivity contribution >= 4 is 35.5 Å². The van der Waals surface area contributed by atoms with Gasteiger partial charge in [0.2, 0.25) is 6.40 Å². The lowest BCUT2D eigenvalue weighted by molar-refractivity contribution is 0.349. The Morgan fingerprint density at radius 2 is 2.43 bits per heavy atom. The van der Waals surface area contributed by atoms with Crippen LogP contribution in [0.2, 0.25) is 0 Å². The number of oxime groups is 1. The molecule has 0 aliphatic heterocycles. The molecule has 0 aromatic heterocycles. The Balaban J connectivity index is 2.98. The Morgan fingerprint density at radius 1 is 1.71 bits per heavy atom. The molecule has 0 radical (unpaired) electrons. The van der Waals surface area contributed by atoms with E-state index in [-0.39, 0.29) is 0 Å². The van der Waals surface area contributed by atoms with Crippen LogP contribution in [0.5, 0.6) is 0 Å². The minimum Gasteiger partial charge on any atom is -0.345 e. The lowest BCUT2D eigenvalue weighted by Crippen LogP contribution is -1.71. The van der Waals surface area contributed by atoms with E-state index in [4.69, 9.17) is 0 Å². The minimum atomic E-state index is 1.25. The van der Waals surface area contributed by atoms with Crippen LogP contribution in [-0.4, -0.2) is 12.6 Å². The maximum absolute atomic E-state index is 4.40. The monoisotopic (exact) mass is 212 g/mol. The first-order valence-electron chi connectivity index (χ1n) is 1.68. The number of rotatable bonds is 2. The lowest BCUT2D eigenvalue weighted by atomic mass is 10.9. The van der Waals surface area contributed by atoms with Crippen LogP contribution in [0.15, 0.2) is 8.36 Å². The van der Waals surface area contributed by atoms with Gasteiger partial charge in [-0.05, 0) is 6.92 Å². The van der Waals surface area contributed by atoms with E-state index in [0.717, 1.165) is 0 Å². The molecule has 0 amide bonds. The van der Waals surface area contributed by atoms with Crippen molar-refractivity contribution in [3.05, 3.63) is 0 Å². The van der Waals surface area contributed by atoms with E-state index in [2.05, 4.69) is 13.2 Å². The van der Waals surface area contributed by atoms with Crippen molar-refractivity contribution in [2.24, 2.45) is 8.36 Å². The van der Waals surface area contributed by atoms with Crippen LogP contribution >= 0.6 is 22.9 Å². The number of nitrogens with zero attached hydrogens (tertiary/aromatic N) is 2. The van der Waals surface area contributed by atoms with E-state index in [1.807, 2.05) is 0 Å². The van der Waals surface area contributed by atoms with E-state index in [1.54, 1.807) is 36.0 Å². The molecular formula is C3H5IN2O. The quantitative estimate of drug-likeness (QED) is 0.294. The fourth-order valence-electron chi connectivity index (χ4n) is 0.106. The molecule has 0 spiro atoms. The van der Waals surface area contributed by atoms with Gasteiger partial charge < -0.3 is 4.84 Å². The van der Waals surface area contributed by atoms with E-state index in [0.29, 0.717) is 0 Å². The maximum Gasteiger partial charge on any atom is 0.217 e. The first-order chi connectivity index (χ1) is 3.41. The Kier molecular flexibility index (Phi) is 5.76. The fraction of sp³-hybridized carbons (Fsp3) is 0.333. The molecule has 0 saturated carbocycles. The van der Waals surface area contributed by atoms with Gasteiger partial charge in [-0.2, -0.15) is 3.21 Å². The summed E-state index contributed by atoms with van der Waals surface area (Å²) < 4.78 is 3.48. The van der Waals surface area contributed by atoms with Crippen LogP contribution in [0.25, 0.3) is 0 Å². The van der Waals surface area contributed by atoms with Gasteiger partial charge in [-0.1, -0.05) is 5.16 Å². The summed E-state index contributed by atoms with van der Waals surface area (Å²) in [5.74, 6) is 0. The number of hydrogen-bond acceptors (Lipinski definition) is 3. The zero-order chi connectivity index (χ0) is 5.54. The van der Waals surface area contributed by atoms with Crippen LogP contribution in [0.1, 0.15) is 6.92 Å². The largest absolute Gasteiger partial charge is 0.345 e. The molecule has 0 N–H and O–H groups in total. The summed E-state index contributed by atoms with van der Waals surface area (Å²) in [6.07, 6.45) is 2.79. The lowest BCUT2D eigenvalue weighted by Gasteiger charge is -1.78. The average molecular weight is 212 g/mol. The first-order valence-corrected chi connectivity index (χ1v) is 2.65. The van der Waals surface area contributed by atoms with Gasteiger partial charge in [0, 0.05) is 6.21 Å². The second-order valence-electron chi connectivity index (χ2n) is 0.672.